The van der Waals surface area contributed by atoms with Gasteiger partial charge in [0, 0.05) is 23.9 Å². The zero-order valence-electron chi connectivity index (χ0n) is 10.9. The summed E-state index contributed by atoms with van der Waals surface area (Å²) < 4.78 is 1.12. The normalized spacial score (nSPS) is 28.6. The maximum Gasteiger partial charge on any atom is 0.303 e. The highest BCUT2D eigenvalue weighted by Crippen LogP contribution is 2.40. The lowest BCUT2D eigenvalue weighted by atomic mass is 9.88. The first kappa shape index (κ1) is 14.3. The maximum absolute atomic E-state index is 12.6. The van der Waals surface area contributed by atoms with Gasteiger partial charge in [0.05, 0.1) is 8.45 Å². The average Bonchev–Trinajstić information content (AvgIpc) is 2.91. The number of carboxylic acids is 1. The number of amides is 1. The molecule has 2 atom stereocenters. The summed E-state index contributed by atoms with van der Waals surface area (Å²) in [6, 6.07) is 2.42. The number of aliphatic carboxylic acids is 1. The van der Waals surface area contributed by atoms with Crippen LogP contribution < -0.4 is 0 Å². The van der Waals surface area contributed by atoms with Gasteiger partial charge in [-0.3, -0.25) is 9.59 Å². The fourth-order valence-corrected chi connectivity index (χ4v) is 4.93. The average molecular weight is 405 g/mol. The Morgan fingerprint density at radius 3 is 2.50 bits per heavy atom. The lowest BCUT2D eigenvalue weighted by Gasteiger charge is -2.38. The molecule has 0 spiro atoms. The van der Waals surface area contributed by atoms with Crippen LogP contribution in [0.2, 0.25) is 0 Å². The van der Waals surface area contributed by atoms with Gasteiger partial charge in [0.1, 0.15) is 0 Å². The van der Waals surface area contributed by atoms with Crippen molar-refractivity contribution < 1.29 is 14.7 Å². The molecule has 2 fully saturated rings. The van der Waals surface area contributed by atoms with Crippen LogP contribution in [0.25, 0.3) is 0 Å². The molecule has 20 heavy (non-hydrogen) atoms. The van der Waals surface area contributed by atoms with Crippen LogP contribution in [-0.2, 0) is 4.79 Å². The van der Waals surface area contributed by atoms with Crippen molar-refractivity contribution in [2.24, 2.45) is 5.92 Å². The van der Waals surface area contributed by atoms with E-state index in [0.717, 1.165) is 34.1 Å². The van der Waals surface area contributed by atoms with Crippen LogP contribution in [0, 0.1) is 8.80 Å². The minimum Gasteiger partial charge on any atom is -0.481 e. The van der Waals surface area contributed by atoms with E-state index in [1.54, 1.807) is 11.3 Å². The van der Waals surface area contributed by atoms with Gasteiger partial charge in [-0.05, 0) is 60.3 Å². The molecule has 1 aromatic rings. The third kappa shape index (κ3) is 2.72. The minimum absolute atomic E-state index is 0.130. The van der Waals surface area contributed by atoms with Gasteiger partial charge in [0.2, 0.25) is 0 Å². The summed E-state index contributed by atoms with van der Waals surface area (Å²) >= 11 is 3.82. The fraction of sp³-hybridized carbons (Fsp3) is 0.571. The van der Waals surface area contributed by atoms with Gasteiger partial charge in [-0.15, -0.1) is 11.3 Å². The van der Waals surface area contributed by atoms with Gasteiger partial charge < -0.3 is 10.0 Å². The number of carboxylic acid groups (broad SMARTS) is 1. The van der Waals surface area contributed by atoms with E-state index in [-0.39, 0.29) is 30.3 Å². The van der Waals surface area contributed by atoms with Crippen LogP contribution in [0.15, 0.2) is 11.4 Å². The molecule has 0 aliphatic carbocycles. The lowest BCUT2D eigenvalue weighted by Crippen LogP contribution is -2.46. The second-order valence-corrected chi connectivity index (χ2v) is 8.48. The first-order chi connectivity index (χ1) is 9.54. The Bertz CT molecular complexity index is 530. The van der Waals surface area contributed by atoms with E-state index < -0.39 is 5.97 Å². The van der Waals surface area contributed by atoms with Crippen LogP contribution in [0.3, 0.4) is 0 Å². The summed E-state index contributed by atoms with van der Waals surface area (Å²) in [5.41, 5.74) is 0.785. The zero-order chi connectivity index (χ0) is 14.3. The molecule has 2 bridgehead atoms. The molecule has 2 aliphatic heterocycles. The molecule has 108 valence electrons. The van der Waals surface area contributed by atoms with E-state index in [0.29, 0.717) is 0 Å². The number of rotatable bonds is 3. The summed E-state index contributed by atoms with van der Waals surface area (Å²) in [4.78, 5) is 25.5. The van der Waals surface area contributed by atoms with Crippen molar-refractivity contribution in [2.75, 3.05) is 0 Å². The topological polar surface area (TPSA) is 57.6 Å². The van der Waals surface area contributed by atoms with E-state index in [1.807, 2.05) is 16.3 Å². The first-order valence-corrected chi connectivity index (χ1v) is 8.79. The molecule has 2 aliphatic rings. The molecular formula is C14H16INO3S. The molecule has 1 amide bonds. The Kier molecular flexibility index (Phi) is 4.03. The molecule has 3 heterocycles. The van der Waals surface area contributed by atoms with Crippen molar-refractivity contribution in [1.29, 1.82) is 0 Å². The molecule has 6 heteroatoms. The van der Waals surface area contributed by atoms with Crippen LogP contribution in [0.1, 0.15) is 42.5 Å². The molecular weight excluding hydrogens is 389 g/mol. The largest absolute Gasteiger partial charge is 0.481 e. The van der Waals surface area contributed by atoms with Crippen molar-refractivity contribution in [1.82, 2.24) is 4.90 Å². The summed E-state index contributed by atoms with van der Waals surface area (Å²) in [6.45, 7) is 0. The smallest absolute Gasteiger partial charge is 0.303 e. The van der Waals surface area contributed by atoms with Crippen molar-refractivity contribution in [3.8, 4) is 0 Å². The lowest BCUT2D eigenvalue weighted by molar-refractivity contribution is -0.138. The third-order valence-electron chi connectivity index (χ3n) is 4.34. The Morgan fingerprint density at radius 2 is 2.00 bits per heavy atom. The SMILES string of the molecule is O=C(O)CC1CC2CCC(C1)N2C(=O)c1csc(I)c1. The quantitative estimate of drug-likeness (QED) is 0.786. The Balaban J connectivity index is 1.74. The molecule has 1 aromatic heterocycles. The molecule has 2 unspecified atom stereocenters. The Labute approximate surface area is 135 Å². The van der Waals surface area contributed by atoms with Crippen molar-refractivity contribution in [3.05, 3.63) is 19.9 Å². The van der Waals surface area contributed by atoms with Gasteiger partial charge in [-0.2, -0.15) is 0 Å². The first-order valence-electron chi connectivity index (χ1n) is 6.83. The molecule has 0 aromatic carbocycles. The van der Waals surface area contributed by atoms with Gasteiger partial charge in [0.25, 0.3) is 5.91 Å². The van der Waals surface area contributed by atoms with E-state index >= 15 is 0 Å². The highest BCUT2D eigenvalue weighted by Gasteiger charge is 2.43. The van der Waals surface area contributed by atoms with Crippen molar-refractivity contribution >= 4 is 45.8 Å². The number of nitrogens with zero attached hydrogens (tertiary/aromatic N) is 1. The molecule has 4 nitrogen and oxygen atoms in total. The predicted octanol–water partition coefficient (Wildman–Crippen LogP) is 3.21. The van der Waals surface area contributed by atoms with Gasteiger partial charge >= 0.3 is 5.97 Å². The predicted molar refractivity (Wildman–Crippen MR) is 85.0 cm³/mol. The standard InChI is InChI=1S/C14H16INO3S/c15-12-6-9(7-20-12)14(19)16-10-1-2-11(16)4-8(3-10)5-13(17)18/h6-8,10-11H,1-5H2,(H,17,18). The summed E-state index contributed by atoms with van der Waals surface area (Å²) in [6.07, 6.45) is 3.97. The molecule has 3 rings (SSSR count). The number of carbonyl (C=O) groups is 2. The second kappa shape index (κ2) is 5.63. The second-order valence-electron chi connectivity index (χ2n) is 5.67. The molecule has 2 saturated heterocycles. The number of thiophene rings is 1. The number of fused-ring (bicyclic) bond motifs is 2. The molecule has 0 radical (unpaired) electrons. The van der Waals surface area contributed by atoms with E-state index in [2.05, 4.69) is 22.6 Å². The number of halogens is 1. The van der Waals surface area contributed by atoms with Gasteiger partial charge in [-0.1, -0.05) is 0 Å². The zero-order valence-corrected chi connectivity index (χ0v) is 13.9. The van der Waals surface area contributed by atoms with Gasteiger partial charge in [0.15, 0.2) is 0 Å². The van der Waals surface area contributed by atoms with E-state index in [4.69, 9.17) is 5.11 Å². The third-order valence-corrected chi connectivity index (χ3v) is 6.13. The van der Waals surface area contributed by atoms with Crippen molar-refractivity contribution in [3.63, 3.8) is 0 Å². The summed E-state index contributed by atoms with van der Waals surface area (Å²) in [7, 11) is 0. The minimum atomic E-state index is -0.721. The number of hydrogen-bond acceptors (Lipinski definition) is 3. The van der Waals surface area contributed by atoms with Crippen LogP contribution in [0.4, 0.5) is 0 Å². The fourth-order valence-electron chi connectivity index (χ4n) is 3.61. The maximum atomic E-state index is 12.6. The number of hydrogen-bond donors (Lipinski definition) is 1. The number of carbonyl (C=O) groups excluding carboxylic acids is 1. The number of piperidine rings is 1. The van der Waals surface area contributed by atoms with Crippen LogP contribution in [-0.4, -0.2) is 34.0 Å². The molecule has 1 N–H and O–H groups in total. The van der Waals surface area contributed by atoms with Crippen LogP contribution in [0.5, 0.6) is 0 Å². The summed E-state index contributed by atoms with van der Waals surface area (Å²) in [5.74, 6) is -0.358. The Hall–Kier alpha value is -0.630. The van der Waals surface area contributed by atoms with Gasteiger partial charge in [-0.25, -0.2) is 0 Å². The summed E-state index contributed by atoms with van der Waals surface area (Å²) in [5, 5.41) is 10.9. The van der Waals surface area contributed by atoms with E-state index in [9.17, 15) is 9.59 Å². The Morgan fingerprint density at radius 1 is 1.35 bits per heavy atom. The highest BCUT2D eigenvalue weighted by molar-refractivity contribution is 14.1. The molecule has 0 saturated carbocycles. The van der Waals surface area contributed by atoms with E-state index in [1.165, 1.54) is 0 Å². The monoisotopic (exact) mass is 405 g/mol. The van der Waals surface area contributed by atoms with Crippen LogP contribution >= 0.6 is 33.9 Å². The van der Waals surface area contributed by atoms with Crippen molar-refractivity contribution in [2.45, 2.75) is 44.2 Å². The highest BCUT2D eigenvalue weighted by atomic mass is 127.